The Morgan fingerprint density at radius 3 is 2.53 bits per heavy atom. The molecule has 15 heavy (non-hydrogen) atoms. The minimum absolute atomic E-state index is 0.303. The Hall–Kier alpha value is -0.120. The maximum absolute atomic E-state index is 8.82. The van der Waals surface area contributed by atoms with E-state index < -0.39 is 0 Å². The van der Waals surface area contributed by atoms with Gasteiger partial charge in [-0.1, -0.05) is 20.8 Å². The van der Waals surface area contributed by atoms with Crippen LogP contribution in [-0.2, 0) is 4.74 Å². The Balaban J connectivity index is 2.99. The summed E-state index contributed by atoms with van der Waals surface area (Å²) >= 11 is 0. The third-order valence-corrected chi connectivity index (χ3v) is 2.24. The van der Waals surface area contributed by atoms with Crippen LogP contribution in [0.3, 0.4) is 0 Å². The molecule has 0 aromatic rings. The molecule has 0 aromatic carbocycles. The zero-order chi connectivity index (χ0) is 11.5. The van der Waals surface area contributed by atoms with Gasteiger partial charge in [0.1, 0.15) is 0 Å². The summed E-state index contributed by atoms with van der Waals surface area (Å²) in [6, 6.07) is 0. The van der Waals surface area contributed by atoms with Crippen LogP contribution in [0.5, 0.6) is 0 Å². The lowest BCUT2D eigenvalue weighted by Crippen LogP contribution is -2.22. The molecule has 0 fully saturated rings. The SMILES string of the molecule is CC(C)COCCNCCCC(C)CO. The van der Waals surface area contributed by atoms with Crippen molar-refractivity contribution < 1.29 is 9.84 Å². The first-order valence-electron chi connectivity index (χ1n) is 6.06. The van der Waals surface area contributed by atoms with Gasteiger partial charge in [0.15, 0.2) is 0 Å². The van der Waals surface area contributed by atoms with Crippen molar-refractivity contribution in [3.05, 3.63) is 0 Å². The zero-order valence-corrected chi connectivity index (χ0v) is 10.5. The quantitative estimate of drug-likeness (QED) is 0.547. The summed E-state index contributed by atoms with van der Waals surface area (Å²) in [6.45, 7) is 10.3. The van der Waals surface area contributed by atoms with Gasteiger partial charge >= 0.3 is 0 Å². The van der Waals surface area contributed by atoms with Gasteiger partial charge in [0.25, 0.3) is 0 Å². The maximum Gasteiger partial charge on any atom is 0.0591 e. The number of hydrogen-bond acceptors (Lipinski definition) is 3. The molecule has 0 aliphatic heterocycles. The predicted octanol–water partition coefficient (Wildman–Crippen LogP) is 1.66. The van der Waals surface area contributed by atoms with Gasteiger partial charge in [-0.2, -0.15) is 0 Å². The van der Waals surface area contributed by atoms with Crippen LogP contribution in [0.2, 0.25) is 0 Å². The molecule has 92 valence electrons. The van der Waals surface area contributed by atoms with E-state index in [1.165, 1.54) is 0 Å². The molecular weight excluding hydrogens is 190 g/mol. The minimum Gasteiger partial charge on any atom is -0.396 e. The molecule has 3 heteroatoms. The lowest BCUT2D eigenvalue weighted by atomic mass is 10.1. The van der Waals surface area contributed by atoms with E-state index in [-0.39, 0.29) is 0 Å². The molecular formula is C12H27NO2. The summed E-state index contributed by atoms with van der Waals surface area (Å²) in [5.74, 6) is 1.05. The second-order valence-electron chi connectivity index (χ2n) is 4.65. The molecule has 0 saturated carbocycles. The third kappa shape index (κ3) is 11.8. The summed E-state index contributed by atoms with van der Waals surface area (Å²) in [5, 5.41) is 12.2. The largest absolute Gasteiger partial charge is 0.396 e. The van der Waals surface area contributed by atoms with Crippen molar-refractivity contribution in [2.75, 3.05) is 32.9 Å². The van der Waals surface area contributed by atoms with Crippen molar-refractivity contribution in [3.8, 4) is 0 Å². The van der Waals surface area contributed by atoms with E-state index in [0.29, 0.717) is 18.4 Å². The van der Waals surface area contributed by atoms with Crippen LogP contribution < -0.4 is 5.32 Å². The zero-order valence-electron chi connectivity index (χ0n) is 10.5. The number of aliphatic hydroxyl groups is 1. The lowest BCUT2D eigenvalue weighted by molar-refractivity contribution is 0.111. The van der Waals surface area contributed by atoms with Gasteiger partial charge in [-0.15, -0.1) is 0 Å². The average molecular weight is 217 g/mol. The van der Waals surface area contributed by atoms with Crippen molar-refractivity contribution in [1.82, 2.24) is 5.32 Å². The number of aliphatic hydroxyl groups excluding tert-OH is 1. The van der Waals surface area contributed by atoms with E-state index in [4.69, 9.17) is 9.84 Å². The van der Waals surface area contributed by atoms with Crippen LogP contribution in [0.25, 0.3) is 0 Å². The van der Waals surface area contributed by atoms with E-state index in [1.54, 1.807) is 0 Å². The lowest BCUT2D eigenvalue weighted by Gasteiger charge is -2.09. The first kappa shape index (κ1) is 14.9. The molecule has 2 N–H and O–H groups in total. The summed E-state index contributed by atoms with van der Waals surface area (Å²) < 4.78 is 5.44. The molecule has 0 aliphatic rings. The highest BCUT2D eigenvalue weighted by Crippen LogP contribution is 2.02. The van der Waals surface area contributed by atoms with Crippen molar-refractivity contribution >= 4 is 0 Å². The van der Waals surface area contributed by atoms with Crippen molar-refractivity contribution in [1.29, 1.82) is 0 Å². The molecule has 0 radical (unpaired) electrons. The highest BCUT2D eigenvalue weighted by Gasteiger charge is 1.98. The van der Waals surface area contributed by atoms with Crippen LogP contribution in [0.15, 0.2) is 0 Å². The van der Waals surface area contributed by atoms with E-state index in [2.05, 4.69) is 26.1 Å². The molecule has 3 nitrogen and oxygen atoms in total. The van der Waals surface area contributed by atoms with Crippen LogP contribution in [-0.4, -0.2) is 38.0 Å². The normalized spacial score (nSPS) is 13.4. The second kappa shape index (κ2) is 10.4. The van der Waals surface area contributed by atoms with Crippen LogP contribution in [0.1, 0.15) is 33.6 Å². The Morgan fingerprint density at radius 2 is 1.93 bits per heavy atom. The smallest absolute Gasteiger partial charge is 0.0591 e. The number of nitrogens with one attached hydrogen (secondary N) is 1. The Kier molecular flexibility index (Phi) is 10.3. The molecule has 0 bridgehead atoms. The maximum atomic E-state index is 8.82. The monoisotopic (exact) mass is 217 g/mol. The predicted molar refractivity (Wildman–Crippen MR) is 64.0 cm³/mol. The van der Waals surface area contributed by atoms with Crippen LogP contribution in [0.4, 0.5) is 0 Å². The minimum atomic E-state index is 0.303. The first-order chi connectivity index (χ1) is 7.16. The molecule has 0 rings (SSSR count). The van der Waals surface area contributed by atoms with Crippen LogP contribution in [0, 0.1) is 11.8 Å². The molecule has 0 saturated heterocycles. The van der Waals surface area contributed by atoms with Gasteiger partial charge < -0.3 is 15.2 Å². The Bertz CT molecular complexity index is 129. The molecule has 0 amide bonds. The van der Waals surface area contributed by atoms with E-state index >= 15 is 0 Å². The summed E-state index contributed by atoms with van der Waals surface area (Å²) in [7, 11) is 0. The Morgan fingerprint density at radius 1 is 1.20 bits per heavy atom. The van der Waals surface area contributed by atoms with Crippen LogP contribution >= 0.6 is 0 Å². The van der Waals surface area contributed by atoms with E-state index in [0.717, 1.165) is 39.1 Å². The number of ether oxygens (including phenoxy) is 1. The topological polar surface area (TPSA) is 41.5 Å². The third-order valence-electron chi connectivity index (χ3n) is 2.24. The van der Waals surface area contributed by atoms with Gasteiger partial charge in [0, 0.05) is 19.8 Å². The second-order valence-corrected chi connectivity index (χ2v) is 4.65. The fourth-order valence-electron chi connectivity index (χ4n) is 1.26. The first-order valence-corrected chi connectivity index (χ1v) is 6.06. The van der Waals surface area contributed by atoms with E-state index in [9.17, 15) is 0 Å². The highest BCUT2D eigenvalue weighted by molar-refractivity contribution is 4.53. The van der Waals surface area contributed by atoms with E-state index in [1.807, 2.05) is 0 Å². The van der Waals surface area contributed by atoms with Gasteiger partial charge in [0.05, 0.1) is 6.61 Å². The number of hydrogen-bond donors (Lipinski definition) is 2. The fourth-order valence-corrected chi connectivity index (χ4v) is 1.26. The van der Waals surface area contributed by atoms with Gasteiger partial charge in [-0.05, 0) is 31.2 Å². The molecule has 0 heterocycles. The standard InChI is InChI=1S/C12H27NO2/c1-11(2)10-15-8-7-13-6-4-5-12(3)9-14/h11-14H,4-10H2,1-3H3. The Labute approximate surface area is 94.2 Å². The molecule has 0 aromatic heterocycles. The average Bonchev–Trinajstić information content (AvgIpc) is 2.21. The fraction of sp³-hybridized carbons (Fsp3) is 1.00. The van der Waals surface area contributed by atoms with Gasteiger partial charge in [-0.25, -0.2) is 0 Å². The molecule has 0 spiro atoms. The van der Waals surface area contributed by atoms with Crippen molar-refractivity contribution in [3.63, 3.8) is 0 Å². The highest BCUT2D eigenvalue weighted by atomic mass is 16.5. The molecule has 1 atom stereocenters. The molecule has 1 unspecified atom stereocenters. The molecule has 0 aliphatic carbocycles. The summed E-state index contributed by atoms with van der Waals surface area (Å²) in [5.41, 5.74) is 0. The summed E-state index contributed by atoms with van der Waals surface area (Å²) in [6.07, 6.45) is 2.22. The van der Waals surface area contributed by atoms with Gasteiger partial charge in [0.2, 0.25) is 0 Å². The van der Waals surface area contributed by atoms with Gasteiger partial charge in [-0.3, -0.25) is 0 Å². The van der Waals surface area contributed by atoms with Crippen molar-refractivity contribution in [2.24, 2.45) is 11.8 Å². The summed E-state index contributed by atoms with van der Waals surface area (Å²) in [4.78, 5) is 0. The van der Waals surface area contributed by atoms with Crippen molar-refractivity contribution in [2.45, 2.75) is 33.6 Å². The number of rotatable bonds is 10.